The normalized spacial score (nSPS) is 15.5. The molecule has 1 aliphatic rings. The Labute approximate surface area is 182 Å². The van der Waals surface area contributed by atoms with Gasteiger partial charge in [0.2, 0.25) is 5.91 Å². The van der Waals surface area contributed by atoms with E-state index in [1.165, 1.54) is 6.33 Å². The van der Waals surface area contributed by atoms with Gasteiger partial charge in [0.1, 0.15) is 18.0 Å². The summed E-state index contributed by atoms with van der Waals surface area (Å²) in [7, 11) is 1.81. The molecule has 2 aromatic carbocycles. The van der Waals surface area contributed by atoms with Crippen LogP contribution in [0.1, 0.15) is 28.8 Å². The molecule has 0 aliphatic carbocycles. The Bertz CT molecular complexity index is 1060. The molecule has 1 saturated heterocycles. The van der Waals surface area contributed by atoms with E-state index < -0.39 is 11.5 Å². The zero-order valence-corrected chi connectivity index (χ0v) is 17.6. The van der Waals surface area contributed by atoms with Crippen LogP contribution in [0, 0.1) is 0 Å². The van der Waals surface area contributed by atoms with Gasteiger partial charge in [0.05, 0.1) is 11.2 Å². The van der Waals surface area contributed by atoms with E-state index in [1.807, 2.05) is 31.3 Å². The summed E-state index contributed by atoms with van der Waals surface area (Å²) in [5.74, 6) is 0.981. The van der Waals surface area contributed by atoms with Crippen LogP contribution in [0.25, 0.3) is 11.1 Å². The molecule has 0 atom stereocenters. The monoisotopic (exact) mass is 417 g/mol. The Morgan fingerprint density at radius 2 is 1.87 bits per heavy atom. The molecule has 0 radical (unpaired) electrons. The van der Waals surface area contributed by atoms with Gasteiger partial charge in [0.15, 0.2) is 0 Å². The first-order valence-electron chi connectivity index (χ1n) is 10.4. The first-order chi connectivity index (χ1) is 15.0. The highest BCUT2D eigenvalue weighted by Crippen LogP contribution is 2.37. The molecule has 160 valence electrons. The van der Waals surface area contributed by atoms with E-state index in [4.69, 9.17) is 5.73 Å². The number of piperidine rings is 1. The summed E-state index contributed by atoms with van der Waals surface area (Å²) < 4.78 is 0. The summed E-state index contributed by atoms with van der Waals surface area (Å²) in [6, 6.07) is 17.3. The molecule has 1 aliphatic heterocycles. The number of carbonyl (C=O) groups excluding carboxylic acids is 1. The van der Waals surface area contributed by atoms with Gasteiger partial charge in [-0.3, -0.25) is 4.79 Å². The van der Waals surface area contributed by atoms with Crippen molar-refractivity contribution in [2.75, 3.05) is 30.4 Å². The molecule has 0 saturated carbocycles. The highest BCUT2D eigenvalue weighted by Gasteiger charge is 2.34. The molecule has 0 unspecified atom stereocenters. The van der Waals surface area contributed by atoms with Crippen molar-refractivity contribution >= 4 is 17.5 Å². The molecule has 2 heterocycles. The Morgan fingerprint density at radius 3 is 2.55 bits per heavy atom. The van der Waals surface area contributed by atoms with E-state index in [9.17, 15) is 9.90 Å². The molecule has 1 aromatic heterocycles. The van der Waals surface area contributed by atoms with Crippen LogP contribution in [0.2, 0.25) is 0 Å². The summed E-state index contributed by atoms with van der Waals surface area (Å²) in [4.78, 5) is 22.8. The number of aliphatic hydroxyl groups is 1. The van der Waals surface area contributed by atoms with Crippen LogP contribution in [0.15, 0.2) is 60.9 Å². The topological polar surface area (TPSA) is 104 Å². The third-order valence-electron chi connectivity index (χ3n) is 5.87. The minimum atomic E-state index is -0.733. The summed E-state index contributed by atoms with van der Waals surface area (Å²) >= 11 is 0. The Hall–Kier alpha value is -3.45. The Balaban J connectivity index is 1.61. The molecule has 1 fully saturated rings. The van der Waals surface area contributed by atoms with Crippen molar-refractivity contribution in [2.45, 2.75) is 24.9 Å². The van der Waals surface area contributed by atoms with Crippen molar-refractivity contribution < 1.29 is 9.90 Å². The van der Waals surface area contributed by atoms with Crippen LogP contribution in [0.5, 0.6) is 0 Å². The number of hydrogen-bond donors (Lipinski definition) is 3. The highest BCUT2D eigenvalue weighted by atomic mass is 16.3. The molecular formula is C24H27N5O2. The van der Waals surface area contributed by atoms with E-state index in [0.717, 1.165) is 22.5 Å². The van der Waals surface area contributed by atoms with E-state index in [0.29, 0.717) is 43.7 Å². The molecule has 7 nitrogen and oxygen atoms in total. The van der Waals surface area contributed by atoms with Gasteiger partial charge in [0.25, 0.3) is 0 Å². The first-order valence-corrected chi connectivity index (χ1v) is 10.4. The fourth-order valence-corrected chi connectivity index (χ4v) is 4.19. The lowest BCUT2D eigenvalue weighted by atomic mass is 9.85. The average molecular weight is 418 g/mol. The highest BCUT2D eigenvalue weighted by molar-refractivity contribution is 5.95. The van der Waals surface area contributed by atoms with Crippen molar-refractivity contribution in [3.63, 3.8) is 0 Å². The van der Waals surface area contributed by atoms with Gasteiger partial charge in [0, 0.05) is 32.1 Å². The average Bonchev–Trinajstić information content (AvgIpc) is 2.79. The predicted molar refractivity (Wildman–Crippen MR) is 122 cm³/mol. The third-order valence-corrected chi connectivity index (χ3v) is 5.87. The molecule has 0 spiro atoms. The SMILES string of the molecule is CNc1ncnc(N2CCC(O)(Cc3ccccc3)CC2)c1-c1cccc(C(N)=O)c1. The van der Waals surface area contributed by atoms with E-state index in [2.05, 4.69) is 32.3 Å². The Kier molecular flexibility index (Phi) is 5.86. The van der Waals surface area contributed by atoms with Crippen LogP contribution in [0.4, 0.5) is 11.6 Å². The number of anilines is 2. The number of aromatic nitrogens is 2. The largest absolute Gasteiger partial charge is 0.389 e. The number of nitrogens with two attached hydrogens (primary N) is 1. The summed E-state index contributed by atoms with van der Waals surface area (Å²) in [5, 5.41) is 14.3. The van der Waals surface area contributed by atoms with Crippen molar-refractivity contribution in [1.29, 1.82) is 0 Å². The van der Waals surface area contributed by atoms with Crippen molar-refractivity contribution in [3.8, 4) is 11.1 Å². The van der Waals surface area contributed by atoms with Gasteiger partial charge in [-0.2, -0.15) is 0 Å². The molecule has 3 aromatic rings. The standard InChI is InChI=1S/C24H27N5O2/c1-26-22-20(18-8-5-9-19(14-18)21(25)30)23(28-16-27-22)29-12-10-24(31,11-13-29)15-17-6-3-2-4-7-17/h2-9,14,16,31H,10-13,15H2,1H3,(H2,25,30)(H,26,27,28). The number of hydrogen-bond acceptors (Lipinski definition) is 6. The third kappa shape index (κ3) is 4.51. The zero-order valence-electron chi connectivity index (χ0n) is 17.6. The van der Waals surface area contributed by atoms with Crippen molar-refractivity contribution in [1.82, 2.24) is 9.97 Å². The molecule has 0 bridgehead atoms. The lowest BCUT2D eigenvalue weighted by Gasteiger charge is -2.39. The summed E-state index contributed by atoms with van der Waals surface area (Å²) in [5.41, 5.74) is 7.97. The number of nitrogens with one attached hydrogen (secondary N) is 1. The van der Waals surface area contributed by atoms with Crippen LogP contribution in [-0.4, -0.2) is 46.7 Å². The maximum Gasteiger partial charge on any atom is 0.248 e. The van der Waals surface area contributed by atoms with Gasteiger partial charge in [-0.15, -0.1) is 0 Å². The smallest absolute Gasteiger partial charge is 0.248 e. The fraction of sp³-hybridized carbons (Fsp3) is 0.292. The van der Waals surface area contributed by atoms with Crippen LogP contribution in [0.3, 0.4) is 0 Å². The first kappa shape index (κ1) is 20.8. The van der Waals surface area contributed by atoms with Crippen LogP contribution in [-0.2, 0) is 6.42 Å². The summed E-state index contributed by atoms with van der Waals surface area (Å²) in [6.07, 6.45) is 3.46. The maximum absolute atomic E-state index is 11.7. The zero-order chi connectivity index (χ0) is 21.8. The van der Waals surface area contributed by atoms with Crippen molar-refractivity contribution in [3.05, 3.63) is 72.1 Å². The van der Waals surface area contributed by atoms with Gasteiger partial charge < -0.3 is 21.1 Å². The number of benzene rings is 2. The minimum absolute atomic E-state index is 0.435. The summed E-state index contributed by atoms with van der Waals surface area (Å²) in [6.45, 7) is 1.35. The lowest BCUT2D eigenvalue weighted by molar-refractivity contribution is 0.0164. The Morgan fingerprint density at radius 1 is 1.13 bits per heavy atom. The molecular weight excluding hydrogens is 390 g/mol. The lowest BCUT2D eigenvalue weighted by Crippen LogP contribution is -2.46. The minimum Gasteiger partial charge on any atom is -0.389 e. The van der Waals surface area contributed by atoms with Gasteiger partial charge in [-0.05, 0) is 36.1 Å². The number of rotatable bonds is 6. The second-order valence-corrected chi connectivity index (χ2v) is 7.99. The predicted octanol–water partition coefficient (Wildman–Crippen LogP) is 2.86. The molecule has 4 rings (SSSR count). The number of amides is 1. The quantitative estimate of drug-likeness (QED) is 0.570. The van der Waals surface area contributed by atoms with Gasteiger partial charge in [-0.1, -0.05) is 42.5 Å². The number of carbonyl (C=O) groups is 1. The van der Waals surface area contributed by atoms with Crippen LogP contribution >= 0.6 is 0 Å². The second-order valence-electron chi connectivity index (χ2n) is 7.99. The van der Waals surface area contributed by atoms with E-state index in [1.54, 1.807) is 18.2 Å². The van der Waals surface area contributed by atoms with E-state index in [-0.39, 0.29) is 0 Å². The fourth-order valence-electron chi connectivity index (χ4n) is 4.19. The van der Waals surface area contributed by atoms with Gasteiger partial charge >= 0.3 is 0 Å². The van der Waals surface area contributed by atoms with Crippen LogP contribution < -0.4 is 16.0 Å². The molecule has 31 heavy (non-hydrogen) atoms. The molecule has 1 amide bonds. The number of nitrogens with zero attached hydrogens (tertiary/aromatic N) is 3. The molecule has 4 N–H and O–H groups in total. The van der Waals surface area contributed by atoms with Crippen molar-refractivity contribution in [2.24, 2.45) is 5.73 Å². The maximum atomic E-state index is 11.7. The number of primary amides is 1. The van der Waals surface area contributed by atoms with Gasteiger partial charge in [-0.25, -0.2) is 9.97 Å². The molecule has 7 heteroatoms. The van der Waals surface area contributed by atoms with E-state index >= 15 is 0 Å². The second kappa shape index (κ2) is 8.73.